The van der Waals surface area contributed by atoms with E-state index in [0.29, 0.717) is 22.0 Å². The van der Waals surface area contributed by atoms with Crippen molar-refractivity contribution in [1.29, 1.82) is 0 Å². The highest BCUT2D eigenvalue weighted by atomic mass is 35.5. The Balaban J connectivity index is 2.10. The molecule has 0 aliphatic heterocycles. The van der Waals surface area contributed by atoms with Crippen LogP contribution in [0.3, 0.4) is 0 Å². The third kappa shape index (κ3) is 8.30. The van der Waals surface area contributed by atoms with Gasteiger partial charge in [0.25, 0.3) is 10.0 Å². The lowest BCUT2D eigenvalue weighted by Gasteiger charge is -2.34. The van der Waals surface area contributed by atoms with Crippen molar-refractivity contribution >= 4 is 73.9 Å². The fraction of sp³-hybridized carbons (Fsp3) is 0.310. The maximum absolute atomic E-state index is 14.1. The van der Waals surface area contributed by atoms with Crippen LogP contribution in [0.5, 0.6) is 0 Å². The van der Waals surface area contributed by atoms with Crippen LogP contribution in [0.15, 0.2) is 71.6 Å². The van der Waals surface area contributed by atoms with Crippen LogP contribution in [0.4, 0.5) is 5.69 Å². The number of carbonyl (C=O) groups excluding carboxylic acids is 2. The Hall–Kier alpha value is -2.49. The Bertz CT molecular complexity index is 1490. The fourth-order valence-electron chi connectivity index (χ4n) is 4.11. The molecular formula is C29H31Cl4N3O4S. The number of anilines is 1. The SMILES string of the molecule is CC[C@H](C)NC(=O)[C@H](CC)N(Cc1ccc(Cl)c(Cl)c1)C(=O)CN(c1ccc(Cl)cc1Cl)S(=O)(=O)c1ccccc1. The largest absolute Gasteiger partial charge is 0.352 e. The van der Waals surface area contributed by atoms with Crippen molar-refractivity contribution in [2.75, 3.05) is 10.8 Å². The lowest BCUT2D eigenvalue weighted by atomic mass is 10.1. The highest BCUT2D eigenvalue weighted by molar-refractivity contribution is 7.92. The van der Waals surface area contributed by atoms with E-state index in [0.717, 1.165) is 4.31 Å². The number of rotatable bonds is 12. The molecule has 0 bridgehead atoms. The summed E-state index contributed by atoms with van der Waals surface area (Å²) in [5.74, 6) is -0.968. The van der Waals surface area contributed by atoms with Gasteiger partial charge in [0.1, 0.15) is 12.6 Å². The molecule has 0 radical (unpaired) electrons. The number of hydrogen-bond donors (Lipinski definition) is 1. The van der Waals surface area contributed by atoms with Crippen molar-refractivity contribution in [1.82, 2.24) is 10.2 Å². The van der Waals surface area contributed by atoms with Crippen molar-refractivity contribution in [3.05, 3.63) is 92.4 Å². The topological polar surface area (TPSA) is 86.8 Å². The molecule has 3 rings (SSSR count). The number of amides is 2. The van der Waals surface area contributed by atoms with Gasteiger partial charge in [0, 0.05) is 17.6 Å². The minimum Gasteiger partial charge on any atom is -0.352 e. The molecule has 3 aromatic rings. The van der Waals surface area contributed by atoms with E-state index < -0.39 is 28.5 Å². The van der Waals surface area contributed by atoms with Crippen LogP contribution in [0.1, 0.15) is 39.2 Å². The Morgan fingerprint density at radius 3 is 2.12 bits per heavy atom. The van der Waals surface area contributed by atoms with E-state index in [1.165, 1.54) is 35.2 Å². The van der Waals surface area contributed by atoms with E-state index >= 15 is 0 Å². The summed E-state index contributed by atoms with van der Waals surface area (Å²) in [4.78, 5) is 28.8. The molecule has 41 heavy (non-hydrogen) atoms. The molecule has 2 atom stereocenters. The van der Waals surface area contributed by atoms with Gasteiger partial charge in [-0.15, -0.1) is 0 Å². The zero-order valence-corrected chi connectivity index (χ0v) is 26.6. The van der Waals surface area contributed by atoms with Gasteiger partial charge >= 0.3 is 0 Å². The van der Waals surface area contributed by atoms with Gasteiger partial charge in [0.05, 0.1) is 25.7 Å². The van der Waals surface area contributed by atoms with Gasteiger partial charge in [0.15, 0.2) is 0 Å². The predicted octanol–water partition coefficient (Wildman–Crippen LogP) is 7.22. The van der Waals surface area contributed by atoms with Gasteiger partial charge in [0.2, 0.25) is 11.8 Å². The molecule has 7 nitrogen and oxygen atoms in total. The number of carbonyl (C=O) groups is 2. The monoisotopic (exact) mass is 657 g/mol. The lowest BCUT2D eigenvalue weighted by Crippen LogP contribution is -2.53. The average Bonchev–Trinajstić information content (AvgIpc) is 2.94. The molecular weight excluding hydrogens is 628 g/mol. The van der Waals surface area contributed by atoms with Crippen molar-refractivity contribution in [3.63, 3.8) is 0 Å². The van der Waals surface area contributed by atoms with Gasteiger partial charge in [-0.3, -0.25) is 13.9 Å². The Morgan fingerprint density at radius 1 is 0.854 bits per heavy atom. The zero-order valence-electron chi connectivity index (χ0n) is 22.8. The smallest absolute Gasteiger partial charge is 0.264 e. The summed E-state index contributed by atoms with van der Waals surface area (Å²) in [6.07, 6.45) is 0.976. The summed E-state index contributed by atoms with van der Waals surface area (Å²) in [5.41, 5.74) is 0.685. The second-order valence-electron chi connectivity index (χ2n) is 9.43. The molecule has 0 saturated carbocycles. The van der Waals surface area contributed by atoms with E-state index in [-0.39, 0.29) is 45.5 Å². The maximum Gasteiger partial charge on any atom is 0.264 e. The first-order valence-electron chi connectivity index (χ1n) is 13.0. The van der Waals surface area contributed by atoms with E-state index in [9.17, 15) is 18.0 Å². The van der Waals surface area contributed by atoms with Crippen LogP contribution >= 0.6 is 46.4 Å². The van der Waals surface area contributed by atoms with E-state index in [1.807, 2.05) is 13.8 Å². The van der Waals surface area contributed by atoms with Gasteiger partial charge in [-0.05, 0) is 67.8 Å². The van der Waals surface area contributed by atoms with E-state index in [2.05, 4.69) is 5.32 Å². The van der Waals surface area contributed by atoms with Crippen molar-refractivity contribution in [3.8, 4) is 0 Å². The molecule has 220 valence electrons. The molecule has 3 aromatic carbocycles. The van der Waals surface area contributed by atoms with Crippen molar-refractivity contribution in [2.45, 2.75) is 57.1 Å². The summed E-state index contributed by atoms with van der Waals surface area (Å²) in [7, 11) is -4.26. The lowest BCUT2D eigenvalue weighted by molar-refractivity contribution is -0.140. The molecule has 12 heteroatoms. The number of benzene rings is 3. The van der Waals surface area contributed by atoms with Crippen LogP contribution in [0.2, 0.25) is 20.1 Å². The molecule has 0 heterocycles. The number of nitrogens with one attached hydrogen (secondary N) is 1. The van der Waals surface area contributed by atoms with E-state index in [1.54, 1.807) is 43.3 Å². The minimum atomic E-state index is -4.26. The van der Waals surface area contributed by atoms with Gasteiger partial charge in [-0.25, -0.2) is 8.42 Å². The molecule has 0 fully saturated rings. The number of hydrogen-bond acceptors (Lipinski definition) is 4. The highest BCUT2D eigenvalue weighted by Gasteiger charge is 2.34. The van der Waals surface area contributed by atoms with Crippen molar-refractivity contribution < 1.29 is 18.0 Å². The third-order valence-corrected chi connectivity index (χ3v) is 9.56. The average molecular weight is 659 g/mol. The van der Waals surface area contributed by atoms with Crippen LogP contribution in [-0.2, 0) is 26.2 Å². The second-order valence-corrected chi connectivity index (χ2v) is 13.0. The quantitative estimate of drug-likeness (QED) is 0.223. The molecule has 0 aromatic heterocycles. The standard InChI is InChI=1S/C29H31Cl4N3O4S/c1-4-19(3)34-29(38)26(5-2)35(17-20-11-13-23(31)24(32)15-20)28(37)18-36(27-14-12-21(30)16-25(27)33)41(39,40)22-9-7-6-8-10-22/h6-16,19,26H,4-5,17-18H2,1-3H3,(H,34,38)/t19-,26-/m0/s1. The maximum atomic E-state index is 14.1. The normalized spacial score (nSPS) is 12.9. The number of sulfonamides is 1. The second kappa shape index (κ2) is 14.6. The zero-order chi connectivity index (χ0) is 30.3. The third-order valence-electron chi connectivity index (χ3n) is 6.51. The molecule has 0 spiro atoms. The highest BCUT2D eigenvalue weighted by Crippen LogP contribution is 2.33. The summed E-state index contributed by atoms with van der Waals surface area (Å²) in [5, 5.41) is 3.90. The molecule has 0 unspecified atom stereocenters. The molecule has 0 aliphatic carbocycles. The minimum absolute atomic E-state index is 0.0181. The molecule has 0 saturated heterocycles. The molecule has 1 N–H and O–H groups in total. The Kier molecular flexibility index (Phi) is 11.8. The number of halogens is 4. The van der Waals surface area contributed by atoms with Crippen molar-refractivity contribution in [2.24, 2.45) is 0 Å². The first-order chi connectivity index (χ1) is 19.4. The summed E-state index contributed by atoms with van der Waals surface area (Å²) < 4.78 is 28.7. The van der Waals surface area contributed by atoms with Crippen LogP contribution < -0.4 is 9.62 Å². The van der Waals surface area contributed by atoms with Gasteiger partial charge in [-0.2, -0.15) is 0 Å². The van der Waals surface area contributed by atoms with Crippen LogP contribution in [0.25, 0.3) is 0 Å². The van der Waals surface area contributed by atoms with E-state index in [4.69, 9.17) is 46.4 Å². The molecule has 0 aliphatic rings. The predicted molar refractivity (Wildman–Crippen MR) is 166 cm³/mol. The summed E-state index contributed by atoms with van der Waals surface area (Å²) in [6, 6.07) is 15.9. The fourth-order valence-corrected chi connectivity index (χ4v) is 6.45. The first kappa shape index (κ1) is 33.0. The molecule has 2 amide bonds. The van der Waals surface area contributed by atoms with Gasteiger partial charge < -0.3 is 10.2 Å². The Morgan fingerprint density at radius 2 is 1.54 bits per heavy atom. The van der Waals surface area contributed by atoms with Crippen LogP contribution in [0, 0.1) is 0 Å². The summed E-state index contributed by atoms with van der Waals surface area (Å²) in [6.45, 7) is 4.94. The van der Waals surface area contributed by atoms with Gasteiger partial charge in [-0.1, -0.05) is 84.5 Å². The van der Waals surface area contributed by atoms with Crippen LogP contribution in [-0.4, -0.2) is 43.8 Å². The summed E-state index contributed by atoms with van der Waals surface area (Å²) >= 11 is 24.9. The Labute approximate surface area is 261 Å². The first-order valence-corrected chi connectivity index (χ1v) is 15.9. The number of nitrogens with zero attached hydrogens (tertiary/aromatic N) is 2.